The molecule has 2 aromatic carbocycles. The zero-order valence-electron chi connectivity index (χ0n) is 20.7. The van der Waals surface area contributed by atoms with E-state index in [9.17, 15) is 10.2 Å². The Morgan fingerprint density at radius 2 is 1.76 bits per heavy atom. The van der Waals surface area contributed by atoms with Gasteiger partial charge in [-0.15, -0.1) is 17.5 Å². The van der Waals surface area contributed by atoms with Crippen molar-refractivity contribution in [1.29, 1.82) is 0 Å². The summed E-state index contributed by atoms with van der Waals surface area (Å²) in [4.78, 5) is 6.76. The van der Waals surface area contributed by atoms with Crippen molar-refractivity contribution in [2.24, 2.45) is 0 Å². The first-order chi connectivity index (χ1) is 17.5. The van der Waals surface area contributed by atoms with Crippen molar-refractivity contribution < 1.29 is 19.7 Å². The molecule has 0 spiro atoms. The number of phenols is 1. The van der Waals surface area contributed by atoms with Crippen molar-refractivity contribution in [2.45, 2.75) is 26.4 Å². The third-order valence-corrected chi connectivity index (χ3v) is 6.20. The van der Waals surface area contributed by atoms with Gasteiger partial charge in [-0.3, -0.25) is 0 Å². The summed E-state index contributed by atoms with van der Waals surface area (Å²) in [6.45, 7) is 7.21. The van der Waals surface area contributed by atoms with Gasteiger partial charge in [-0.25, -0.2) is 9.55 Å². The maximum absolute atomic E-state index is 10.7. The molecule has 0 radical (unpaired) electrons. The molecular weight excluding hydrogens is 494 g/mol. The molecule has 3 heterocycles. The SMILES string of the molecule is CC(C)c1cc(-c2nnc(O)n2-c2ccc(N3CCOCC3)nc2)c(OCc2ccccc2)cc1O.Cl. The summed E-state index contributed by atoms with van der Waals surface area (Å²) in [5, 5.41) is 29.5. The van der Waals surface area contributed by atoms with E-state index in [4.69, 9.17) is 9.47 Å². The van der Waals surface area contributed by atoms with Gasteiger partial charge in [0, 0.05) is 19.2 Å². The second-order valence-corrected chi connectivity index (χ2v) is 8.97. The largest absolute Gasteiger partial charge is 0.508 e. The minimum atomic E-state index is -0.265. The highest BCUT2D eigenvalue weighted by Crippen LogP contribution is 2.40. The third kappa shape index (κ3) is 5.63. The minimum Gasteiger partial charge on any atom is -0.508 e. The van der Waals surface area contributed by atoms with Gasteiger partial charge in [0.25, 0.3) is 0 Å². The molecule has 0 aliphatic carbocycles. The molecule has 10 heteroatoms. The Labute approximate surface area is 221 Å². The average molecular weight is 524 g/mol. The molecule has 0 amide bonds. The van der Waals surface area contributed by atoms with E-state index in [1.165, 1.54) is 4.57 Å². The van der Waals surface area contributed by atoms with Gasteiger partial charge >= 0.3 is 6.01 Å². The van der Waals surface area contributed by atoms with Gasteiger partial charge < -0.3 is 24.6 Å². The summed E-state index contributed by atoms with van der Waals surface area (Å²) in [6.07, 6.45) is 1.69. The van der Waals surface area contributed by atoms with Crippen molar-refractivity contribution in [2.75, 3.05) is 31.2 Å². The van der Waals surface area contributed by atoms with Gasteiger partial charge in [-0.2, -0.15) is 0 Å². The number of benzene rings is 2. The van der Waals surface area contributed by atoms with E-state index in [2.05, 4.69) is 20.1 Å². The molecule has 37 heavy (non-hydrogen) atoms. The monoisotopic (exact) mass is 523 g/mol. The third-order valence-electron chi connectivity index (χ3n) is 6.20. The van der Waals surface area contributed by atoms with E-state index in [0.717, 1.165) is 30.0 Å². The van der Waals surface area contributed by atoms with E-state index < -0.39 is 0 Å². The number of hydrogen-bond donors (Lipinski definition) is 2. The van der Waals surface area contributed by atoms with Crippen LogP contribution in [0, 0.1) is 0 Å². The lowest BCUT2D eigenvalue weighted by Crippen LogP contribution is -2.36. The van der Waals surface area contributed by atoms with Gasteiger partial charge in [0.05, 0.1) is 30.7 Å². The molecule has 194 valence electrons. The van der Waals surface area contributed by atoms with Gasteiger partial charge in [0.1, 0.15) is 23.9 Å². The Bertz CT molecular complexity index is 1320. The van der Waals surface area contributed by atoms with Crippen LogP contribution in [0.5, 0.6) is 17.5 Å². The van der Waals surface area contributed by atoms with Crippen molar-refractivity contribution in [3.05, 3.63) is 71.9 Å². The van der Waals surface area contributed by atoms with Crippen LogP contribution in [-0.4, -0.2) is 56.3 Å². The predicted octanol–water partition coefficient (Wildman–Crippen LogP) is 4.70. The van der Waals surface area contributed by atoms with E-state index >= 15 is 0 Å². The van der Waals surface area contributed by atoms with Crippen molar-refractivity contribution in [3.8, 4) is 34.6 Å². The van der Waals surface area contributed by atoms with Crippen molar-refractivity contribution in [3.63, 3.8) is 0 Å². The van der Waals surface area contributed by atoms with Gasteiger partial charge in [0.15, 0.2) is 5.82 Å². The molecule has 5 rings (SSSR count). The zero-order chi connectivity index (χ0) is 25.1. The standard InChI is InChI=1S/C27H29N5O4.ClH/c1-18(2)21-14-22(24(15-23(21)33)36-17-19-6-4-3-5-7-19)26-29-30-27(34)32(26)20-8-9-25(28-16-20)31-10-12-35-13-11-31;/h3-9,14-16,18,33H,10-13,17H2,1-2H3,(H,30,34);1H. The summed E-state index contributed by atoms with van der Waals surface area (Å²) in [7, 11) is 0. The molecule has 4 aromatic rings. The second-order valence-electron chi connectivity index (χ2n) is 8.97. The molecular formula is C27H30ClN5O4. The first-order valence-electron chi connectivity index (χ1n) is 12.0. The lowest BCUT2D eigenvalue weighted by Gasteiger charge is -2.27. The Morgan fingerprint density at radius 3 is 2.43 bits per heavy atom. The fourth-order valence-electron chi connectivity index (χ4n) is 4.26. The Morgan fingerprint density at radius 1 is 1.00 bits per heavy atom. The number of anilines is 1. The fourth-order valence-corrected chi connectivity index (χ4v) is 4.26. The van der Waals surface area contributed by atoms with E-state index in [0.29, 0.717) is 42.6 Å². The van der Waals surface area contributed by atoms with Crippen LogP contribution in [-0.2, 0) is 11.3 Å². The predicted molar refractivity (Wildman–Crippen MR) is 143 cm³/mol. The number of aromatic nitrogens is 4. The fraction of sp³-hybridized carbons (Fsp3) is 0.296. The molecule has 0 bridgehead atoms. The normalized spacial score (nSPS) is 13.4. The van der Waals surface area contributed by atoms with E-state index in [-0.39, 0.29) is 30.1 Å². The first-order valence-corrected chi connectivity index (χ1v) is 12.0. The molecule has 1 aliphatic rings. The quantitative estimate of drug-likeness (QED) is 0.359. The van der Waals surface area contributed by atoms with Gasteiger partial charge in [0.2, 0.25) is 0 Å². The maximum Gasteiger partial charge on any atom is 0.319 e. The van der Waals surface area contributed by atoms with Crippen LogP contribution in [0.4, 0.5) is 5.82 Å². The number of halogens is 1. The molecule has 0 atom stereocenters. The number of aromatic hydroxyl groups is 2. The van der Waals surface area contributed by atoms with Crippen LogP contribution < -0.4 is 9.64 Å². The summed E-state index contributed by atoms with van der Waals surface area (Å²) in [6, 6.07) is 16.7. The van der Waals surface area contributed by atoms with Crippen LogP contribution in [0.3, 0.4) is 0 Å². The van der Waals surface area contributed by atoms with Crippen molar-refractivity contribution >= 4 is 18.2 Å². The number of pyridine rings is 1. The number of phenolic OH excluding ortho intramolecular Hbond substituents is 1. The number of ether oxygens (including phenoxy) is 2. The number of hydrogen-bond acceptors (Lipinski definition) is 8. The molecule has 2 N–H and O–H groups in total. The molecule has 1 aliphatic heterocycles. The average Bonchev–Trinajstić information content (AvgIpc) is 3.29. The lowest BCUT2D eigenvalue weighted by atomic mass is 9.98. The number of morpholine rings is 1. The van der Waals surface area contributed by atoms with Crippen molar-refractivity contribution in [1.82, 2.24) is 19.7 Å². The Hall–Kier alpha value is -3.82. The number of nitrogens with zero attached hydrogens (tertiary/aromatic N) is 5. The molecule has 0 saturated carbocycles. The second kappa shape index (κ2) is 11.5. The maximum atomic E-state index is 10.7. The molecule has 0 unspecified atom stereocenters. The summed E-state index contributed by atoms with van der Waals surface area (Å²) >= 11 is 0. The Kier molecular flexibility index (Phi) is 8.15. The van der Waals surface area contributed by atoms with Crippen LogP contribution in [0.15, 0.2) is 60.8 Å². The van der Waals surface area contributed by atoms with Crippen LogP contribution in [0.2, 0.25) is 0 Å². The van der Waals surface area contributed by atoms with Gasteiger partial charge in [-0.05, 0) is 35.2 Å². The highest BCUT2D eigenvalue weighted by atomic mass is 35.5. The molecule has 2 aromatic heterocycles. The van der Waals surface area contributed by atoms with Gasteiger partial charge in [-0.1, -0.05) is 49.3 Å². The number of rotatable bonds is 7. The summed E-state index contributed by atoms with van der Waals surface area (Å²) in [5.74, 6) is 1.87. The minimum absolute atomic E-state index is 0. The Balaban J connectivity index is 0.00000320. The summed E-state index contributed by atoms with van der Waals surface area (Å²) in [5.41, 5.74) is 2.95. The van der Waals surface area contributed by atoms with Crippen LogP contribution in [0.25, 0.3) is 17.1 Å². The zero-order valence-corrected chi connectivity index (χ0v) is 21.6. The summed E-state index contributed by atoms with van der Waals surface area (Å²) < 4.78 is 13.1. The molecule has 1 fully saturated rings. The highest BCUT2D eigenvalue weighted by molar-refractivity contribution is 5.85. The lowest BCUT2D eigenvalue weighted by molar-refractivity contribution is 0.122. The van der Waals surface area contributed by atoms with Crippen LogP contribution in [0.1, 0.15) is 30.9 Å². The molecule has 1 saturated heterocycles. The topological polar surface area (TPSA) is 106 Å². The highest BCUT2D eigenvalue weighted by Gasteiger charge is 2.22. The van der Waals surface area contributed by atoms with E-state index in [1.807, 2.05) is 62.4 Å². The molecule has 9 nitrogen and oxygen atoms in total. The van der Waals surface area contributed by atoms with Crippen LogP contribution >= 0.6 is 12.4 Å². The van der Waals surface area contributed by atoms with E-state index in [1.54, 1.807) is 12.3 Å². The first kappa shape index (κ1) is 26.2. The smallest absolute Gasteiger partial charge is 0.319 e.